The summed E-state index contributed by atoms with van der Waals surface area (Å²) in [5, 5.41) is 20.2. The molecule has 9 nitrogen and oxygen atoms in total. The first-order valence-electron chi connectivity index (χ1n) is 7.69. The Bertz CT molecular complexity index is 504. The lowest BCUT2D eigenvalue weighted by Gasteiger charge is -2.51. The van der Waals surface area contributed by atoms with Crippen LogP contribution in [-0.2, 0) is 19.2 Å². The average molecular weight is 346 g/mol. The van der Waals surface area contributed by atoms with Crippen LogP contribution in [0.1, 0.15) is 34.6 Å². The Morgan fingerprint density at radius 3 is 2.17 bits per heavy atom. The Kier molecular flexibility index (Phi) is 6.18. The van der Waals surface area contributed by atoms with Crippen LogP contribution in [-0.4, -0.2) is 70.2 Å². The highest BCUT2D eigenvalue weighted by Crippen LogP contribution is 2.37. The van der Waals surface area contributed by atoms with Crippen molar-refractivity contribution in [2.75, 3.05) is 13.7 Å². The monoisotopic (exact) mass is 346 g/mol. The third kappa shape index (κ3) is 3.96. The summed E-state index contributed by atoms with van der Waals surface area (Å²) in [6.45, 7) is 8.62. The maximum absolute atomic E-state index is 12.7. The molecular weight excluding hydrogens is 320 g/mol. The van der Waals surface area contributed by atoms with Gasteiger partial charge in [-0.2, -0.15) is 5.06 Å². The number of carbonyl (C=O) groups excluding carboxylic acids is 3. The molecule has 24 heavy (non-hydrogen) atoms. The largest absolute Gasteiger partial charge is 0.466 e. The molecule has 0 aromatic rings. The first-order valence-corrected chi connectivity index (χ1v) is 7.69. The second-order valence-corrected chi connectivity index (χ2v) is 6.89. The van der Waals surface area contributed by atoms with E-state index >= 15 is 0 Å². The molecule has 1 saturated heterocycles. The van der Waals surface area contributed by atoms with E-state index in [-0.39, 0.29) is 12.5 Å². The third-order valence-electron chi connectivity index (χ3n) is 3.93. The fraction of sp³-hybridized carbons (Fsp3) is 0.800. The van der Waals surface area contributed by atoms with E-state index < -0.39 is 41.8 Å². The Morgan fingerprint density at radius 1 is 1.21 bits per heavy atom. The van der Waals surface area contributed by atoms with Crippen molar-refractivity contribution in [2.45, 2.75) is 53.0 Å². The van der Waals surface area contributed by atoms with Gasteiger partial charge < -0.3 is 19.8 Å². The predicted octanol–water partition coefficient (Wildman–Crippen LogP) is 0.105. The van der Waals surface area contributed by atoms with Crippen molar-refractivity contribution in [2.24, 2.45) is 11.3 Å². The van der Waals surface area contributed by atoms with Crippen molar-refractivity contribution < 1.29 is 34.2 Å². The number of aliphatic hydroxyl groups excluding tert-OH is 2. The number of carbonyl (C=O) groups is 3. The van der Waals surface area contributed by atoms with E-state index in [1.54, 1.807) is 0 Å². The summed E-state index contributed by atoms with van der Waals surface area (Å²) in [5.41, 5.74) is -0.615. The topological polar surface area (TPSA) is 117 Å². The summed E-state index contributed by atoms with van der Waals surface area (Å²) in [6, 6.07) is -1.35. The minimum Gasteiger partial charge on any atom is -0.466 e. The number of rotatable bonds is 5. The van der Waals surface area contributed by atoms with Gasteiger partial charge in [0.05, 0.1) is 13.7 Å². The van der Waals surface area contributed by atoms with E-state index in [0.29, 0.717) is 0 Å². The molecule has 138 valence electrons. The summed E-state index contributed by atoms with van der Waals surface area (Å²) in [7, 11) is 1.10. The van der Waals surface area contributed by atoms with E-state index in [4.69, 9.17) is 4.84 Å². The van der Waals surface area contributed by atoms with Crippen LogP contribution in [0.3, 0.4) is 0 Å². The van der Waals surface area contributed by atoms with E-state index in [1.807, 2.05) is 27.7 Å². The van der Waals surface area contributed by atoms with E-state index in [1.165, 1.54) is 6.92 Å². The molecule has 0 radical (unpaired) electrons. The van der Waals surface area contributed by atoms with Crippen LogP contribution in [0, 0.1) is 11.3 Å². The molecule has 0 spiro atoms. The summed E-state index contributed by atoms with van der Waals surface area (Å²) in [6.07, 6.45) is -3.25. The number of amides is 2. The van der Waals surface area contributed by atoms with Gasteiger partial charge in [-0.25, -0.2) is 14.4 Å². The minimum atomic E-state index is -1.83. The molecular formula is C15H26N2O7. The molecule has 3 atom stereocenters. The van der Waals surface area contributed by atoms with E-state index in [9.17, 15) is 24.6 Å². The molecule has 3 unspecified atom stereocenters. The van der Waals surface area contributed by atoms with E-state index in [0.717, 1.165) is 17.1 Å². The number of hydrogen-bond donors (Lipinski definition) is 2. The van der Waals surface area contributed by atoms with Crippen molar-refractivity contribution in [3.05, 3.63) is 0 Å². The van der Waals surface area contributed by atoms with Gasteiger partial charge >= 0.3 is 18.0 Å². The number of ether oxygens (including phenoxy) is 1. The lowest BCUT2D eigenvalue weighted by atomic mass is 9.76. The first kappa shape index (κ1) is 20.2. The molecule has 1 fully saturated rings. The first-order chi connectivity index (χ1) is 10.9. The second-order valence-electron chi connectivity index (χ2n) is 6.89. The van der Waals surface area contributed by atoms with Crippen molar-refractivity contribution in [1.82, 2.24) is 9.96 Å². The van der Waals surface area contributed by atoms with Crippen molar-refractivity contribution in [3.8, 4) is 0 Å². The normalized spacial score (nSPS) is 23.0. The van der Waals surface area contributed by atoms with Crippen molar-refractivity contribution in [1.29, 1.82) is 0 Å². The van der Waals surface area contributed by atoms with Gasteiger partial charge in [0.2, 0.25) is 6.23 Å². The standard InChI is InChI=1S/C15H26N2O7/c1-8(2)10-15(4,5)7-16(24-12(20)9(3)18)14(22)17(10)11(19)13(21)23-6/h8-11,18-19H,7H2,1-6H3. The Labute approximate surface area is 141 Å². The number of esters is 1. The SMILES string of the molecule is COC(=O)C(O)N1C(=O)N(OC(=O)C(C)O)CC(C)(C)C1C(C)C. The number of urea groups is 1. The molecule has 0 bridgehead atoms. The van der Waals surface area contributed by atoms with Crippen LogP contribution < -0.4 is 0 Å². The number of hydrogen-bond acceptors (Lipinski definition) is 7. The molecule has 1 rings (SSSR count). The highest BCUT2D eigenvalue weighted by Gasteiger charge is 2.51. The average Bonchev–Trinajstić information content (AvgIpc) is 2.47. The lowest BCUT2D eigenvalue weighted by molar-refractivity contribution is -0.212. The predicted molar refractivity (Wildman–Crippen MR) is 82.1 cm³/mol. The van der Waals surface area contributed by atoms with Gasteiger partial charge in [0, 0.05) is 11.5 Å². The van der Waals surface area contributed by atoms with Gasteiger partial charge in [-0.05, 0) is 12.8 Å². The molecule has 0 saturated carbocycles. The second kappa shape index (κ2) is 7.35. The molecule has 2 amide bonds. The Balaban J connectivity index is 3.23. The van der Waals surface area contributed by atoms with Gasteiger partial charge in [-0.3, -0.25) is 4.90 Å². The Hall–Kier alpha value is -1.87. The summed E-state index contributed by atoms with van der Waals surface area (Å²) >= 11 is 0. The molecule has 1 heterocycles. The minimum absolute atomic E-state index is 0.0531. The lowest BCUT2D eigenvalue weighted by Crippen LogP contribution is -2.68. The van der Waals surface area contributed by atoms with Gasteiger partial charge in [0.1, 0.15) is 0 Å². The Morgan fingerprint density at radius 2 is 1.75 bits per heavy atom. The van der Waals surface area contributed by atoms with E-state index in [2.05, 4.69) is 4.74 Å². The van der Waals surface area contributed by atoms with Gasteiger partial charge in [0.25, 0.3) is 0 Å². The third-order valence-corrected chi connectivity index (χ3v) is 3.93. The van der Waals surface area contributed by atoms with Gasteiger partial charge in [-0.15, -0.1) is 0 Å². The molecule has 1 aliphatic heterocycles. The van der Waals surface area contributed by atoms with Crippen LogP contribution in [0.5, 0.6) is 0 Å². The summed E-state index contributed by atoms with van der Waals surface area (Å²) in [5.74, 6) is -2.08. The molecule has 0 aromatic heterocycles. The summed E-state index contributed by atoms with van der Waals surface area (Å²) < 4.78 is 4.52. The number of hydroxylamine groups is 2. The smallest absolute Gasteiger partial charge is 0.360 e. The maximum Gasteiger partial charge on any atom is 0.360 e. The summed E-state index contributed by atoms with van der Waals surface area (Å²) in [4.78, 5) is 41.9. The van der Waals surface area contributed by atoms with Crippen LogP contribution in [0.25, 0.3) is 0 Å². The van der Waals surface area contributed by atoms with Crippen LogP contribution in [0.4, 0.5) is 4.79 Å². The zero-order valence-electron chi connectivity index (χ0n) is 14.8. The van der Waals surface area contributed by atoms with Crippen LogP contribution in [0.2, 0.25) is 0 Å². The molecule has 1 aliphatic rings. The van der Waals surface area contributed by atoms with Gasteiger partial charge in [-0.1, -0.05) is 27.7 Å². The van der Waals surface area contributed by atoms with Crippen LogP contribution in [0.15, 0.2) is 0 Å². The molecule has 0 aliphatic carbocycles. The molecule has 2 N–H and O–H groups in total. The maximum atomic E-state index is 12.7. The molecule has 0 aromatic carbocycles. The zero-order chi connectivity index (χ0) is 18.8. The molecule has 9 heteroatoms. The quantitative estimate of drug-likeness (QED) is 0.678. The number of aliphatic hydroxyl groups is 2. The highest BCUT2D eigenvalue weighted by atomic mass is 16.7. The van der Waals surface area contributed by atoms with Crippen molar-refractivity contribution >= 4 is 18.0 Å². The van der Waals surface area contributed by atoms with Crippen LogP contribution >= 0.6 is 0 Å². The zero-order valence-corrected chi connectivity index (χ0v) is 14.8. The highest BCUT2D eigenvalue weighted by molar-refractivity contribution is 5.84. The fourth-order valence-corrected chi connectivity index (χ4v) is 3.11. The van der Waals surface area contributed by atoms with Gasteiger partial charge in [0.15, 0.2) is 6.10 Å². The number of nitrogens with zero attached hydrogens (tertiary/aromatic N) is 2. The number of methoxy groups -OCH3 is 1. The van der Waals surface area contributed by atoms with Crippen molar-refractivity contribution in [3.63, 3.8) is 0 Å². The fourth-order valence-electron chi connectivity index (χ4n) is 3.11.